The molecule has 2 rings (SSSR count). The van der Waals surface area contributed by atoms with E-state index in [1.807, 2.05) is 0 Å². The molecule has 102 valence electrons. The Bertz CT molecular complexity index is 613. The quantitative estimate of drug-likeness (QED) is 0.751. The summed E-state index contributed by atoms with van der Waals surface area (Å²) in [4.78, 5) is 35.4. The van der Waals surface area contributed by atoms with Gasteiger partial charge in [0.15, 0.2) is 5.69 Å². The summed E-state index contributed by atoms with van der Waals surface area (Å²) in [6.45, 7) is 3.78. The summed E-state index contributed by atoms with van der Waals surface area (Å²) in [7, 11) is 0. The number of fused-ring (bicyclic) bond motifs is 1. The van der Waals surface area contributed by atoms with Gasteiger partial charge < -0.3 is 15.1 Å². The maximum atomic E-state index is 12.1. The number of carbonyl (C=O) groups is 2. The molecule has 0 aliphatic carbocycles. The number of hydrogen-bond donors (Lipinski definition) is 2. The molecule has 8 nitrogen and oxygen atoms in total. The van der Waals surface area contributed by atoms with Crippen molar-refractivity contribution in [2.75, 3.05) is 6.54 Å². The minimum absolute atomic E-state index is 0.0769. The van der Waals surface area contributed by atoms with E-state index < -0.39 is 17.8 Å². The fourth-order valence-corrected chi connectivity index (χ4v) is 2.21. The zero-order valence-electron chi connectivity index (χ0n) is 10.1. The predicted octanol–water partition coefficient (Wildman–Crippen LogP) is 0.0276. The second-order valence-corrected chi connectivity index (χ2v) is 4.14. The standard InChI is InChI=1S/C11H13N3O5/c1-2-3-14-8(9(15)16)7-6-12(11(18)19)4-5-13(7)10(14)17/h2H,1,3-6H2,(H,15,16)(H,18,19). The smallest absolute Gasteiger partial charge is 0.407 e. The Morgan fingerprint density at radius 2 is 2.00 bits per heavy atom. The number of carboxylic acid groups (broad SMARTS) is 2. The fraction of sp³-hybridized carbons (Fsp3) is 0.364. The van der Waals surface area contributed by atoms with Crippen LogP contribution in [0.25, 0.3) is 0 Å². The number of allylic oxidation sites excluding steroid dienone is 1. The second kappa shape index (κ2) is 4.63. The van der Waals surface area contributed by atoms with Crippen molar-refractivity contribution in [2.45, 2.75) is 19.6 Å². The highest BCUT2D eigenvalue weighted by molar-refractivity contribution is 5.87. The van der Waals surface area contributed by atoms with Gasteiger partial charge in [-0.3, -0.25) is 9.13 Å². The molecular weight excluding hydrogens is 254 g/mol. The Morgan fingerprint density at radius 1 is 1.32 bits per heavy atom. The highest BCUT2D eigenvalue weighted by Crippen LogP contribution is 2.16. The molecule has 0 atom stereocenters. The number of aromatic carboxylic acids is 1. The van der Waals surface area contributed by atoms with Gasteiger partial charge >= 0.3 is 17.8 Å². The van der Waals surface area contributed by atoms with Crippen molar-refractivity contribution in [2.24, 2.45) is 0 Å². The van der Waals surface area contributed by atoms with Crippen LogP contribution in [0.1, 0.15) is 16.2 Å². The van der Waals surface area contributed by atoms with Crippen molar-refractivity contribution in [1.29, 1.82) is 0 Å². The van der Waals surface area contributed by atoms with E-state index in [1.54, 1.807) is 0 Å². The van der Waals surface area contributed by atoms with E-state index in [0.717, 1.165) is 9.47 Å². The van der Waals surface area contributed by atoms with Gasteiger partial charge in [-0.2, -0.15) is 0 Å². The molecule has 2 N–H and O–H groups in total. The zero-order valence-corrected chi connectivity index (χ0v) is 10.1. The van der Waals surface area contributed by atoms with Crippen molar-refractivity contribution in [3.05, 3.63) is 34.5 Å². The van der Waals surface area contributed by atoms with Crippen molar-refractivity contribution < 1.29 is 19.8 Å². The van der Waals surface area contributed by atoms with Gasteiger partial charge in [-0.25, -0.2) is 14.4 Å². The van der Waals surface area contributed by atoms with Gasteiger partial charge in [-0.05, 0) is 0 Å². The molecule has 0 spiro atoms. The Labute approximate surface area is 107 Å². The van der Waals surface area contributed by atoms with Crippen LogP contribution in [0, 0.1) is 0 Å². The molecule has 0 aromatic carbocycles. The van der Waals surface area contributed by atoms with E-state index in [-0.39, 0.29) is 37.6 Å². The van der Waals surface area contributed by atoms with Crippen LogP contribution in [0.3, 0.4) is 0 Å². The lowest BCUT2D eigenvalue weighted by atomic mass is 10.2. The lowest BCUT2D eigenvalue weighted by Crippen LogP contribution is -2.40. The van der Waals surface area contributed by atoms with Crippen LogP contribution in [-0.4, -0.2) is 42.9 Å². The number of imidazole rings is 1. The van der Waals surface area contributed by atoms with Crippen molar-refractivity contribution in [3.8, 4) is 0 Å². The van der Waals surface area contributed by atoms with Crippen LogP contribution in [0.2, 0.25) is 0 Å². The Kier molecular flexibility index (Phi) is 3.16. The van der Waals surface area contributed by atoms with Gasteiger partial charge in [0.2, 0.25) is 0 Å². The molecule has 2 heterocycles. The maximum absolute atomic E-state index is 12.1. The average Bonchev–Trinajstić information content (AvgIpc) is 2.63. The topological polar surface area (TPSA) is 105 Å². The molecule has 1 aliphatic rings. The first kappa shape index (κ1) is 12.9. The van der Waals surface area contributed by atoms with Gasteiger partial charge in [-0.15, -0.1) is 6.58 Å². The molecular formula is C11H13N3O5. The zero-order chi connectivity index (χ0) is 14.2. The molecule has 0 bridgehead atoms. The second-order valence-electron chi connectivity index (χ2n) is 4.14. The van der Waals surface area contributed by atoms with Crippen molar-refractivity contribution in [1.82, 2.24) is 14.0 Å². The number of rotatable bonds is 3. The molecule has 0 saturated carbocycles. The third-order valence-electron chi connectivity index (χ3n) is 3.05. The van der Waals surface area contributed by atoms with E-state index in [2.05, 4.69) is 6.58 Å². The highest BCUT2D eigenvalue weighted by atomic mass is 16.4. The van der Waals surface area contributed by atoms with Gasteiger partial charge in [-0.1, -0.05) is 6.08 Å². The molecule has 0 fully saturated rings. The summed E-state index contributed by atoms with van der Waals surface area (Å²) in [5, 5.41) is 18.2. The van der Waals surface area contributed by atoms with Crippen LogP contribution in [-0.2, 0) is 19.6 Å². The van der Waals surface area contributed by atoms with Crippen LogP contribution >= 0.6 is 0 Å². The van der Waals surface area contributed by atoms with Gasteiger partial charge in [0.05, 0.1) is 12.2 Å². The normalized spacial score (nSPS) is 14.0. The SMILES string of the molecule is C=CCn1c(C(=O)O)c2n(c1=O)CCN(C(=O)O)C2. The summed E-state index contributed by atoms with van der Waals surface area (Å²) in [6, 6.07) is 0. The third-order valence-corrected chi connectivity index (χ3v) is 3.05. The van der Waals surface area contributed by atoms with E-state index in [4.69, 9.17) is 5.11 Å². The largest absolute Gasteiger partial charge is 0.477 e. The van der Waals surface area contributed by atoms with E-state index >= 15 is 0 Å². The minimum atomic E-state index is -1.25. The number of hydrogen-bond acceptors (Lipinski definition) is 3. The van der Waals surface area contributed by atoms with E-state index in [9.17, 15) is 19.5 Å². The average molecular weight is 267 g/mol. The highest BCUT2D eigenvalue weighted by Gasteiger charge is 2.30. The maximum Gasteiger partial charge on any atom is 0.407 e. The van der Waals surface area contributed by atoms with Gasteiger partial charge in [0, 0.05) is 19.6 Å². The first-order chi connectivity index (χ1) is 8.97. The fourth-order valence-electron chi connectivity index (χ4n) is 2.21. The summed E-state index contributed by atoms with van der Waals surface area (Å²) in [5.41, 5.74) is -0.402. The van der Waals surface area contributed by atoms with E-state index in [0.29, 0.717) is 0 Å². The molecule has 0 radical (unpaired) electrons. The van der Waals surface area contributed by atoms with Crippen LogP contribution in [0.15, 0.2) is 17.4 Å². The van der Waals surface area contributed by atoms with Crippen LogP contribution in [0.5, 0.6) is 0 Å². The molecule has 1 aromatic heterocycles. The first-order valence-corrected chi connectivity index (χ1v) is 5.61. The summed E-state index contributed by atoms with van der Waals surface area (Å²) < 4.78 is 2.41. The van der Waals surface area contributed by atoms with Gasteiger partial charge in [0.25, 0.3) is 0 Å². The van der Waals surface area contributed by atoms with E-state index in [1.165, 1.54) is 10.6 Å². The summed E-state index contributed by atoms with van der Waals surface area (Å²) in [5.74, 6) is -1.25. The molecule has 19 heavy (non-hydrogen) atoms. The Morgan fingerprint density at radius 3 is 2.53 bits per heavy atom. The number of carboxylic acids is 1. The van der Waals surface area contributed by atoms with Crippen LogP contribution < -0.4 is 5.69 Å². The van der Waals surface area contributed by atoms with Crippen molar-refractivity contribution in [3.63, 3.8) is 0 Å². The third kappa shape index (κ3) is 2.01. The monoisotopic (exact) mass is 267 g/mol. The Hall–Kier alpha value is -2.51. The number of amides is 1. The lowest BCUT2D eigenvalue weighted by Gasteiger charge is -2.25. The summed E-state index contributed by atoms with van der Waals surface area (Å²) >= 11 is 0. The molecule has 8 heteroatoms. The molecule has 1 aromatic rings. The van der Waals surface area contributed by atoms with Crippen molar-refractivity contribution >= 4 is 12.1 Å². The molecule has 0 unspecified atom stereocenters. The predicted molar refractivity (Wildman–Crippen MR) is 64.3 cm³/mol. The molecule has 1 amide bonds. The van der Waals surface area contributed by atoms with Crippen LogP contribution in [0.4, 0.5) is 4.79 Å². The molecule has 0 saturated heterocycles. The lowest BCUT2D eigenvalue weighted by molar-refractivity contribution is 0.0680. The van der Waals surface area contributed by atoms with Gasteiger partial charge in [0.1, 0.15) is 0 Å². The summed E-state index contributed by atoms with van der Waals surface area (Å²) in [6.07, 6.45) is 0.293. The minimum Gasteiger partial charge on any atom is -0.477 e. The first-order valence-electron chi connectivity index (χ1n) is 5.61. The molecule has 1 aliphatic heterocycles. The number of aromatic nitrogens is 2. The number of nitrogens with zero attached hydrogens (tertiary/aromatic N) is 3. The Balaban J connectivity index is 2.59.